The van der Waals surface area contributed by atoms with E-state index >= 15 is 0 Å². The van der Waals surface area contributed by atoms with E-state index in [0.29, 0.717) is 36.7 Å². The predicted molar refractivity (Wildman–Crippen MR) is 77.5 cm³/mol. The van der Waals surface area contributed by atoms with Crippen molar-refractivity contribution in [3.05, 3.63) is 0 Å². The summed E-state index contributed by atoms with van der Waals surface area (Å²) in [4.78, 5) is 24.1. The van der Waals surface area contributed by atoms with Crippen molar-refractivity contribution in [3.8, 4) is 0 Å². The van der Waals surface area contributed by atoms with Crippen LogP contribution in [-0.2, 0) is 24.0 Å². The molecule has 0 aromatic carbocycles. The molecule has 5 aliphatic rings. The molecule has 0 aromatic heterocycles. The highest BCUT2D eigenvalue weighted by Crippen LogP contribution is 2.59. The maximum Gasteiger partial charge on any atom is 0.260 e. The Hall–Kier alpha value is -0.490. The Kier molecular flexibility index (Phi) is 3.26. The Bertz CT molecular complexity index is 491. The lowest BCUT2D eigenvalue weighted by Crippen LogP contribution is -2.69. The van der Waals surface area contributed by atoms with Gasteiger partial charge in [-0.05, 0) is 30.6 Å². The van der Waals surface area contributed by atoms with Gasteiger partial charge in [0.05, 0.1) is 6.61 Å². The number of Topliss-reactive ketones (excluding diaryl/α,β-unsaturated/α-hetero) is 1. The highest BCUT2D eigenvalue weighted by molar-refractivity contribution is 5.86. The molecule has 124 valence electrons. The van der Waals surface area contributed by atoms with Crippen molar-refractivity contribution in [1.82, 2.24) is 0 Å². The molecule has 5 rings (SSSR count). The SMILES string of the molecule is CC(C)C1COC2OC3(C)OOC24C(CC3=O)C(C)CCC14. The maximum absolute atomic E-state index is 12.6. The Morgan fingerprint density at radius 1 is 1.18 bits per heavy atom. The summed E-state index contributed by atoms with van der Waals surface area (Å²) in [6.45, 7) is 8.99. The second kappa shape index (κ2) is 4.76. The third-order valence-corrected chi connectivity index (χ3v) is 6.55. The highest BCUT2D eigenvalue weighted by Gasteiger charge is 2.70. The summed E-state index contributed by atoms with van der Waals surface area (Å²) in [5.41, 5.74) is -0.628. The summed E-state index contributed by atoms with van der Waals surface area (Å²) < 4.78 is 12.1. The summed E-state index contributed by atoms with van der Waals surface area (Å²) in [6, 6.07) is 0. The topological polar surface area (TPSA) is 54.0 Å². The molecule has 7 atom stereocenters. The molecule has 1 aliphatic carbocycles. The molecule has 5 nitrogen and oxygen atoms in total. The number of rotatable bonds is 1. The van der Waals surface area contributed by atoms with E-state index in [9.17, 15) is 4.79 Å². The molecule has 0 N–H and O–H groups in total. The second-order valence-electron chi connectivity index (χ2n) is 8.05. The molecule has 22 heavy (non-hydrogen) atoms. The van der Waals surface area contributed by atoms with Crippen LogP contribution in [0.3, 0.4) is 0 Å². The highest BCUT2D eigenvalue weighted by atomic mass is 17.3. The van der Waals surface area contributed by atoms with Crippen molar-refractivity contribution >= 4 is 5.78 Å². The lowest BCUT2D eigenvalue weighted by atomic mass is 9.57. The van der Waals surface area contributed by atoms with Crippen LogP contribution >= 0.6 is 0 Å². The van der Waals surface area contributed by atoms with Gasteiger partial charge < -0.3 is 9.47 Å². The number of fused-ring (bicyclic) bond motifs is 2. The fourth-order valence-corrected chi connectivity index (χ4v) is 5.11. The Morgan fingerprint density at radius 3 is 2.68 bits per heavy atom. The van der Waals surface area contributed by atoms with Gasteiger partial charge in [0.15, 0.2) is 17.7 Å². The molecule has 5 heteroatoms. The average molecular weight is 310 g/mol. The first-order chi connectivity index (χ1) is 10.4. The van der Waals surface area contributed by atoms with Crippen molar-refractivity contribution in [2.24, 2.45) is 29.6 Å². The van der Waals surface area contributed by atoms with Crippen molar-refractivity contribution < 1.29 is 24.0 Å². The normalized spacial score (nSPS) is 54.2. The molecule has 7 unspecified atom stereocenters. The first-order valence-electron chi connectivity index (χ1n) is 8.58. The van der Waals surface area contributed by atoms with E-state index in [1.807, 2.05) is 0 Å². The summed E-state index contributed by atoms with van der Waals surface area (Å²) in [6.07, 6.45) is 2.17. The van der Waals surface area contributed by atoms with E-state index in [4.69, 9.17) is 19.2 Å². The van der Waals surface area contributed by atoms with Gasteiger partial charge in [-0.3, -0.25) is 4.79 Å². The molecule has 0 aromatic rings. The van der Waals surface area contributed by atoms with E-state index in [0.717, 1.165) is 12.8 Å². The van der Waals surface area contributed by atoms with Gasteiger partial charge in [-0.25, -0.2) is 4.89 Å². The van der Waals surface area contributed by atoms with Crippen molar-refractivity contribution in [1.29, 1.82) is 0 Å². The van der Waals surface area contributed by atoms with Crippen LogP contribution in [0.25, 0.3) is 0 Å². The minimum absolute atomic E-state index is 0.0269. The first kappa shape index (κ1) is 15.1. The van der Waals surface area contributed by atoms with E-state index in [1.165, 1.54) is 0 Å². The monoisotopic (exact) mass is 310 g/mol. The van der Waals surface area contributed by atoms with E-state index in [1.54, 1.807) is 6.92 Å². The van der Waals surface area contributed by atoms with Crippen LogP contribution in [0.2, 0.25) is 0 Å². The molecule has 4 aliphatic heterocycles. The second-order valence-corrected chi connectivity index (χ2v) is 8.05. The summed E-state index contributed by atoms with van der Waals surface area (Å²) in [5.74, 6) is 0.409. The maximum atomic E-state index is 12.6. The van der Waals surface area contributed by atoms with Gasteiger partial charge in [0.1, 0.15) is 0 Å². The van der Waals surface area contributed by atoms with Crippen LogP contribution in [-0.4, -0.2) is 30.1 Å². The Morgan fingerprint density at radius 2 is 1.95 bits per heavy atom. The lowest BCUT2D eigenvalue weighted by molar-refractivity contribution is -0.558. The van der Waals surface area contributed by atoms with Crippen LogP contribution in [0.15, 0.2) is 0 Å². The van der Waals surface area contributed by atoms with E-state index in [2.05, 4.69) is 20.8 Å². The van der Waals surface area contributed by atoms with Crippen LogP contribution < -0.4 is 0 Å². The average Bonchev–Trinajstić information content (AvgIpc) is 2.65. The Labute approximate surface area is 131 Å². The minimum Gasteiger partial charge on any atom is -0.349 e. The van der Waals surface area contributed by atoms with Gasteiger partial charge in [0, 0.05) is 25.2 Å². The summed E-state index contributed by atoms with van der Waals surface area (Å²) >= 11 is 0. The molecule has 4 saturated heterocycles. The Balaban J connectivity index is 1.82. The molecule has 1 spiro atoms. The van der Waals surface area contributed by atoms with Crippen LogP contribution in [0.1, 0.15) is 47.0 Å². The van der Waals surface area contributed by atoms with Gasteiger partial charge in [-0.1, -0.05) is 20.8 Å². The van der Waals surface area contributed by atoms with Crippen molar-refractivity contribution in [2.75, 3.05) is 6.61 Å². The number of ketones is 1. The number of carbonyl (C=O) groups is 1. The number of hydrogen-bond donors (Lipinski definition) is 0. The standard InChI is InChI=1S/C17H26O5/c1-9(2)11-8-19-15-17-12(11)6-5-10(3)13(17)7-14(18)16(4,20-15)21-22-17/h9-13,15H,5-8H2,1-4H3. The van der Waals surface area contributed by atoms with Crippen LogP contribution in [0.4, 0.5) is 0 Å². The summed E-state index contributed by atoms with van der Waals surface area (Å²) in [5, 5.41) is 0. The molecule has 4 heterocycles. The minimum atomic E-state index is -1.32. The molecular formula is C17H26O5. The largest absolute Gasteiger partial charge is 0.349 e. The lowest BCUT2D eigenvalue weighted by Gasteiger charge is -2.59. The molecule has 0 radical (unpaired) electrons. The first-order valence-corrected chi connectivity index (χ1v) is 8.58. The van der Waals surface area contributed by atoms with Crippen molar-refractivity contribution in [3.63, 3.8) is 0 Å². The molecule has 1 saturated carbocycles. The number of ether oxygens (including phenoxy) is 2. The fraction of sp³-hybridized carbons (Fsp3) is 0.941. The van der Waals surface area contributed by atoms with E-state index in [-0.39, 0.29) is 11.7 Å². The number of carbonyl (C=O) groups excluding carboxylic acids is 1. The third kappa shape index (κ3) is 1.77. The quantitative estimate of drug-likeness (QED) is 0.697. The third-order valence-electron chi connectivity index (χ3n) is 6.55. The zero-order valence-corrected chi connectivity index (χ0v) is 13.8. The molecular weight excluding hydrogens is 284 g/mol. The summed E-state index contributed by atoms with van der Waals surface area (Å²) in [7, 11) is 0. The smallest absolute Gasteiger partial charge is 0.260 e. The van der Waals surface area contributed by atoms with Gasteiger partial charge in [-0.2, -0.15) is 4.89 Å². The van der Waals surface area contributed by atoms with Crippen LogP contribution in [0, 0.1) is 29.6 Å². The van der Waals surface area contributed by atoms with Gasteiger partial charge >= 0.3 is 0 Å². The van der Waals surface area contributed by atoms with Gasteiger partial charge in [-0.15, -0.1) is 0 Å². The van der Waals surface area contributed by atoms with Crippen molar-refractivity contribution in [2.45, 2.75) is 64.6 Å². The molecule has 2 bridgehead atoms. The van der Waals surface area contributed by atoms with Gasteiger partial charge in [0.25, 0.3) is 5.79 Å². The van der Waals surface area contributed by atoms with Crippen LogP contribution in [0.5, 0.6) is 0 Å². The van der Waals surface area contributed by atoms with E-state index < -0.39 is 17.7 Å². The predicted octanol–water partition coefficient (Wildman–Crippen LogP) is 2.68. The van der Waals surface area contributed by atoms with Gasteiger partial charge in [0.2, 0.25) is 0 Å². The molecule has 0 amide bonds. The number of hydrogen-bond acceptors (Lipinski definition) is 5. The molecule has 5 fully saturated rings. The fourth-order valence-electron chi connectivity index (χ4n) is 5.11. The zero-order chi connectivity index (χ0) is 15.7. The zero-order valence-electron chi connectivity index (χ0n) is 13.8.